The van der Waals surface area contributed by atoms with Crippen LogP contribution in [-0.2, 0) is 20.0 Å². The van der Waals surface area contributed by atoms with E-state index in [0.717, 1.165) is 29.3 Å². The van der Waals surface area contributed by atoms with Crippen LogP contribution in [0.3, 0.4) is 0 Å². The number of guanidine groups is 1. The second-order valence-corrected chi connectivity index (χ2v) is 7.65. The van der Waals surface area contributed by atoms with E-state index in [9.17, 15) is 0 Å². The summed E-state index contributed by atoms with van der Waals surface area (Å²) >= 11 is 5.95. The van der Waals surface area contributed by atoms with Crippen LogP contribution in [-0.4, -0.2) is 38.6 Å². The van der Waals surface area contributed by atoms with Gasteiger partial charge in [0.25, 0.3) is 0 Å². The molecule has 0 aliphatic carbocycles. The van der Waals surface area contributed by atoms with Gasteiger partial charge in [-0.1, -0.05) is 11.6 Å². The van der Waals surface area contributed by atoms with Crippen molar-refractivity contribution in [1.82, 2.24) is 30.2 Å². The molecule has 162 valence electrons. The summed E-state index contributed by atoms with van der Waals surface area (Å²) in [7, 11) is 3.76. The molecule has 30 heavy (non-hydrogen) atoms. The van der Waals surface area contributed by atoms with Crippen molar-refractivity contribution in [2.45, 2.75) is 39.8 Å². The Balaban J connectivity index is 0.00000320. The first-order valence-electron chi connectivity index (χ1n) is 9.63. The van der Waals surface area contributed by atoms with E-state index in [1.54, 1.807) is 7.05 Å². The minimum absolute atomic E-state index is 0. The number of aliphatic imine (C=N–C) groups is 1. The Labute approximate surface area is 199 Å². The summed E-state index contributed by atoms with van der Waals surface area (Å²) in [5.74, 6) is 0.760. The number of rotatable bonds is 6. The molecule has 0 saturated carbocycles. The van der Waals surface area contributed by atoms with Crippen molar-refractivity contribution >= 4 is 41.5 Å². The summed E-state index contributed by atoms with van der Waals surface area (Å²) < 4.78 is 3.77. The van der Waals surface area contributed by atoms with Crippen LogP contribution >= 0.6 is 35.6 Å². The molecule has 0 bridgehead atoms. The zero-order valence-electron chi connectivity index (χ0n) is 18.0. The predicted octanol–water partition coefficient (Wildman–Crippen LogP) is 3.79. The normalized spacial score (nSPS) is 12.4. The fourth-order valence-electron chi connectivity index (χ4n) is 3.27. The molecular formula is C21H29ClIN7. The molecule has 9 heteroatoms. The fraction of sp³-hybridized carbons (Fsp3) is 0.381. The summed E-state index contributed by atoms with van der Waals surface area (Å²) in [5, 5.41) is 16.4. The molecule has 1 unspecified atom stereocenters. The summed E-state index contributed by atoms with van der Waals surface area (Å²) in [6.07, 6.45) is 4.73. The highest BCUT2D eigenvalue weighted by atomic mass is 127. The predicted molar refractivity (Wildman–Crippen MR) is 133 cm³/mol. The number of nitrogens with one attached hydrogen (secondary N) is 2. The van der Waals surface area contributed by atoms with Crippen LogP contribution in [0.1, 0.15) is 29.4 Å². The maximum Gasteiger partial charge on any atom is 0.191 e. The van der Waals surface area contributed by atoms with E-state index in [1.165, 1.54) is 11.3 Å². The fourth-order valence-corrected chi connectivity index (χ4v) is 3.40. The number of aromatic nitrogens is 4. The summed E-state index contributed by atoms with van der Waals surface area (Å²) in [4.78, 5) is 4.34. The average molecular weight is 542 g/mol. The molecule has 2 heterocycles. The second kappa shape index (κ2) is 10.8. The third-order valence-corrected chi connectivity index (χ3v) is 5.22. The highest BCUT2D eigenvalue weighted by Gasteiger charge is 2.14. The molecule has 0 aliphatic heterocycles. The van der Waals surface area contributed by atoms with Gasteiger partial charge in [-0.2, -0.15) is 10.2 Å². The van der Waals surface area contributed by atoms with Crippen LogP contribution < -0.4 is 10.6 Å². The molecule has 1 atom stereocenters. The number of hydrogen-bond acceptors (Lipinski definition) is 3. The van der Waals surface area contributed by atoms with E-state index in [0.29, 0.717) is 11.6 Å². The maximum atomic E-state index is 5.95. The topological polar surface area (TPSA) is 72.1 Å². The van der Waals surface area contributed by atoms with Crippen molar-refractivity contribution in [1.29, 1.82) is 0 Å². The number of benzene rings is 1. The van der Waals surface area contributed by atoms with Gasteiger partial charge in [0.1, 0.15) is 0 Å². The van der Waals surface area contributed by atoms with E-state index in [2.05, 4.69) is 46.6 Å². The Bertz CT molecular complexity index is 991. The quantitative estimate of drug-likeness (QED) is 0.283. The first-order chi connectivity index (χ1) is 13.9. The van der Waals surface area contributed by atoms with Gasteiger partial charge in [0, 0.05) is 49.2 Å². The zero-order chi connectivity index (χ0) is 21.0. The van der Waals surface area contributed by atoms with E-state index >= 15 is 0 Å². The second-order valence-electron chi connectivity index (χ2n) is 7.22. The molecular weight excluding hydrogens is 513 g/mol. The van der Waals surface area contributed by atoms with E-state index in [4.69, 9.17) is 11.6 Å². The molecule has 0 saturated heterocycles. The lowest BCUT2D eigenvalue weighted by atomic mass is 10.1. The van der Waals surface area contributed by atoms with Gasteiger partial charge in [-0.3, -0.25) is 9.67 Å². The van der Waals surface area contributed by atoms with Crippen molar-refractivity contribution in [3.05, 3.63) is 64.2 Å². The molecule has 0 spiro atoms. The molecule has 7 nitrogen and oxygen atoms in total. The molecule has 1 aromatic carbocycles. The maximum absolute atomic E-state index is 5.95. The van der Waals surface area contributed by atoms with Crippen LogP contribution in [0.25, 0.3) is 5.69 Å². The van der Waals surface area contributed by atoms with Gasteiger partial charge >= 0.3 is 0 Å². The van der Waals surface area contributed by atoms with Gasteiger partial charge in [0.05, 0.1) is 17.6 Å². The summed E-state index contributed by atoms with van der Waals surface area (Å²) in [6, 6.07) is 7.82. The van der Waals surface area contributed by atoms with Crippen molar-refractivity contribution in [2.75, 3.05) is 7.05 Å². The Kier molecular flexibility index (Phi) is 8.72. The molecule has 0 fully saturated rings. The van der Waals surface area contributed by atoms with Crippen molar-refractivity contribution in [2.24, 2.45) is 12.0 Å². The molecule has 0 amide bonds. The molecule has 3 rings (SSSR count). The third kappa shape index (κ3) is 5.98. The molecule has 2 N–H and O–H groups in total. The number of halogens is 2. The van der Waals surface area contributed by atoms with Gasteiger partial charge in [-0.15, -0.1) is 24.0 Å². The molecule has 3 aromatic rings. The average Bonchev–Trinajstić information content (AvgIpc) is 3.26. The lowest BCUT2D eigenvalue weighted by Gasteiger charge is -2.18. The van der Waals surface area contributed by atoms with Gasteiger partial charge in [0.2, 0.25) is 0 Å². The smallest absolute Gasteiger partial charge is 0.191 e. The third-order valence-electron chi connectivity index (χ3n) is 4.96. The van der Waals surface area contributed by atoms with Crippen molar-refractivity contribution in [3.63, 3.8) is 0 Å². The van der Waals surface area contributed by atoms with Crippen molar-refractivity contribution < 1.29 is 0 Å². The van der Waals surface area contributed by atoms with E-state index < -0.39 is 0 Å². The lowest BCUT2D eigenvalue weighted by molar-refractivity contribution is 0.635. The van der Waals surface area contributed by atoms with Gasteiger partial charge < -0.3 is 10.6 Å². The van der Waals surface area contributed by atoms with Crippen molar-refractivity contribution in [3.8, 4) is 5.69 Å². The SMILES string of the molecule is CN=C(NCc1cnn(-c2ccc(Cl)cc2)c1)NC(C)Cc1c(C)nn(C)c1C.I. The van der Waals surface area contributed by atoms with Crippen LogP contribution in [0.2, 0.25) is 5.02 Å². The Morgan fingerprint density at radius 2 is 1.93 bits per heavy atom. The summed E-state index contributed by atoms with van der Waals surface area (Å²) in [5.41, 5.74) is 5.60. The van der Waals surface area contributed by atoms with E-state index in [1.807, 2.05) is 53.1 Å². The highest BCUT2D eigenvalue weighted by molar-refractivity contribution is 14.0. The lowest BCUT2D eigenvalue weighted by Crippen LogP contribution is -2.42. The number of hydrogen-bond donors (Lipinski definition) is 2. The van der Waals surface area contributed by atoms with Crippen LogP contribution in [0, 0.1) is 13.8 Å². The molecule has 2 aromatic heterocycles. The Hall–Kier alpha value is -2.07. The summed E-state index contributed by atoms with van der Waals surface area (Å²) in [6.45, 7) is 6.94. The van der Waals surface area contributed by atoms with E-state index in [-0.39, 0.29) is 30.0 Å². The first kappa shape index (κ1) is 24.2. The molecule has 0 aliphatic rings. The van der Waals surface area contributed by atoms with Gasteiger partial charge in [0.15, 0.2) is 5.96 Å². The largest absolute Gasteiger partial charge is 0.354 e. The van der Waals surface area contributed by atoms with Gasteiger partial charge in [-0.25, -0.2) is 4.68 Å². The minimum Gasteiger partial charge on any atom is -0.354 e. The first-order valence-corrected chi connectivity index (χ1v) is 10.0. The minimum atomic E-state index is 0. The number of aryl methyl sites for hydroxylation is 2. The Morgan fingerprint density at radius 1 is 1.23 bits per heavy atom. The van der Waals surface area contributed by atoms with Gasteiger partial charge in [-0.05, 0) is 57.0 Å². The van der Waals surface area contributed by atoms with Crippen LogP contribution in [0.15, 0.2) is 41.7 Å². The highest BCUT2D eigenvalue weighted by Crippen LogP contribution is 2.15. The number of nitrogens with zero attached hydrogens (tertiary/aromatic N) is 5. The molecule has 0 radical (unpaired) electrons. The standard InChI is InChI=1S/C21H28ClN7.HI/c1-14(10-20-15(2)27-28(5)16(20)3)26-21(23-4)24-11-17-12-25-29(13-17)19-8-6-18(22)7-9-19;/h6-9,12-14H,10-11H2,1-5H3,(H2,23,24,26);1H. The van der Waals surface area contributed by atoms with Crippen LogP contribution in [0.4, 0.5) is 0 Å². The zero-order valence-corrected chi connectivity index (χ0v) is 21.1. The van der Waals surface area contributed by atoms with Crippen LogP contribution in [0.5, 0.6) is 0 Å². The monoisotopic (exact) mass is 541 g/mol. The Morgan fingerprint density at radius 3 is 2.53 bits per heavy atom.